The van der Waals surface area contributed by atoms with Crippen molar-refractivity contribution in [2.75, 3.05) is 26.3 Å². The third kappa shape index (κ3) is 3.75. The zero-order valence-corrected chi connectivity index (χ0v) is 15.7. The van der Waals surface area contributed by atoms with Gasteiger partial charge in [0.05, 0.1) is 25.5 Å². The molecule has 2 aromatic rings. The van der Waals surface area contributed by atoms with Gasteiger partial charge in [0.1, 0.15) is 0 Å². The predicted molar refractivity (Wildman–Crippen MR) is 104 cm³/mol. The second-order valence-electron chi connectivity index (χ2n) is 7.31. The average Bonchev–Trinajstić information content (AvgIpc) is 3.05. The summed E-state index contributed by atoms with van der Waals surface area (Å²) in [4.78, 5) is 2.45. The van der Waals surface area contributed by atoms with Gasteiger partial charge < -0.3 is 9.64 Å². The lowest BCUT2D eigenvalue weighted by Gasteiger charge is -2.33. The van der Waals surface area contributed by atoms with Crippen LogP contribution in [-0.2, 0) is 11.3 Å². The van der Waals surface area contributed by atoms with E-state index >= 15 is 0 Å². The minimum Gasteiger partial charge on any atom is -0.378 e. The fraction of sp³-hybridized carbons (Fsp3) is 0.409. The van der Waals surface area contributed by atoms with Gasteiger partial charge in [0.2, 0.25) is 0 Å². The van der Waals surface area contributed by atoms with Crippen LogP contribution in [0.2, 0.25) is 0 Å². The smallest absolute Gasteiger partial charge is 0.0700 e. The fourth-order valence-electron chi connectivity index (χ4n) is 3.69. The summed E-state index contributed by atoms with van der Waals surface area (Å²) in [5.74, 6) is 0.357. The Morgan fingerprint density at radius 2 is 1.88 bits per heavy atom. The third-order valence-electron chi connectivity index (χ3n) is 5.31. The summed E-state index contributed by atoms with van der Waals surface area (Å²) in [6.45, 7) is 8.74. The van der Waals surface area contributed by atoms with E-state index in [-0.39, 0.29) is 0 Å². The van der Waals surface area contributed by atoms with E-state index in [1.165, 1.54) is 28.2 Å². The first kappa shape index (κ1) is 17.1. The topological polar surface area (TPSA) is 30.3 Å². The molecule has 0 spiro atoms. The van der Waals surface area contributed by atoms with Crippen molar-refractivity contribution in [1.29, 1.82) is 0 Å². The van der Waals surface area contributed by atoms with Gasteiger partial charge in [0.15, 0.2) is 0 Å². The van der Waals surface area contributed by atoms with E-state index in [9.17, 15) is 0 Å². The van der Waals surface area contributed by atoms with Crippen molar-refractivity contribution >= 4 is 0 Å². The van der Waals surface area contributed by atoms with Crippen molar-refractivity contribution in [3.05, 3.63) is 76.8 Å². The van der Waals surface area contributed by atoms with Crippen LogP contribution in [0.1, 0.15) is 34.9 Å². The van der Waals surface area contributed by atoms with E-state index in [1.807, 2.05) is 0 Å². The first-order valence-electron chi connectivity index (χ1n) is 9.49. The van der Waals surface area contributed by atoms with E-state index < -0.39 is 0 Å². The van der Waals surface area contributed by atoms with Crippen molar-refractivity contribution in [1.82, 2.24) is 14.7 Å². The van der Waals surface area contributed by atoms with Gasteiger partial charge in [-0.2, -0.15) is 5.10 Å². The largest absolute Gasteiger partial charge is 0.378 e. The molecule has 1 aromatic heterocycles. The Labute approximate surface area is 155 Å². The lowest BCUT2D eigenvalue weighted by molar-refractivity contribution is 0.0517. The standard InChI is InChI=1S/C22H27N3O/c1-17-6-8-19(9-7-17)16-25-18(2)14-22(23-25)20-4-3-5-21(15-20)24-10-12-26-13-11-24/h3-9,14,20H,10-13,15-16H2,1-2H3. The summed E-state index contributed by atoms with van der Waals surface area (Å²) in [6, 6.07) is 11.0. The number of aryl methyl sites for hydroxylation is 2. The maximum atomic E-state index is 5.48. The molecule has 4 nitrogen and oxygen atoms in total. The molecule has 1 saturated heterocycles. The third-order valence-corrected chi connectivity index (χ3v) is 5.31. The van der Waals surface area contributed by atoms with Crippen molar-refractivity contribution in [3.8, 4) is 0 Å². The number of nitrogens with zero attached hydrogens (tertiary/aromatic N) is 3. The normalized spacial score (nSPS) is 20.3. The Kier molecular flexibility index (Phi) is 4.93. The summed E-state index contributed by atoms with van der Waals surface area (Å²) < 4.78 is 7.61. The molecule has 1 aliphatic carbocycles. The highest BCUT2D eigenvalue weighted by Gasteiger charge is 2.22. The summed E-state index contributed by atoms with van der Waals surface area (Å²) in [7, 11) is 0. The van der Waals surface area contributed by atoms with Crippen LogP contribution < -0.4 is 0 Å². The molecule has 26 heavy (non-hydrogen) atoms. The zero-order chi connectivity index (χ0) is 17.9. The van der Waals surface area contributed by atoms with Gasteiger partial charge in [-0.05, 0) is 38.0 Å². The first-order valence-corrected chi connectivity index (χ1v) is 9.49. The minimum atomic E-state index is 0.357. The van der Waals surface area contributed by atoms with E-state index in [0.717, 1.165) is 39.3 Å². The molecule has 2 heterocycles. The van der Waals surface area contributed by atoms with Gasteiger partial charge >= 0.3 is 0 Å². The van der Waals surface area contributed by atoms with Crippen LogP contribution in [0.3, 0.4) is 0 Å². The molecule has 0 radical (unpaired) electrons. The van der Waals surface area contributed by atoms with Gasteiger partial charge in [-0.3, -0.25) is 4.68 Å². The maximum Gasteiger partial charge on any atom is 0.0700 e. The Bertz CT molecular complexity index is 810. The van der Waals surface area contributed by atoms with Crippen LogP contribution in [-0.4, -0.2) is 41.0 Å². The van der Waals surface area contributed by atoms with Gasteiger partial charge in [-0.25, -0.2) is 0 Å². The molecule has 1 aliphatic heterocycles. The number of rotatable bonds is 4. The van der Waals surface area contributed by atoms with Crippen LogP contribution in [0.5, 0.6) is 0 Å². The van der Waals surface area contributed by atoms with Crippen LogP contribution in [0.15, 0.2) is 54.3 Å². The molecule has 1 fully saturated rings. The lowest BCUT2D eigenvalue weighted by Crippen LogP contribution is -2.36. The molecule has 2 aliphatic rings. The Hall–Kier alpha value is -2.33. The first-order chi connectivity index (χ1) is 12.7. The SMILES string of the molecule is Cc1ccc(Cn2nc(C3C=CC=C(N4CCOCC4)C3)cc2C)cc1. The average molecular weight is 349 g/mol. The molecule has 1 aromatic carbocycles. The van der Waals surface area contributed by atoms with Crippen molar-refractivity contribution in [2.24, 2.45) is 0 Å². The summed E-state index contributed by atoms with van der Waals surface area (Å²) in [5, 5.41) is 4.93. The van der Waals surface area contributed by atoms with Crippen LogP contribution in [0.25, 0.3) is 0 Å². The van der Waals surface area contributed by atoms with Crippen LogP contribution in [0, 0.1) is 13.8 Å². The number of hydrogen-bond donors (Lipinski definition) is 0. The number of hydrogen-bond acceptors (Lipinski definition) is 3. The number of aromatic nitrogens is 2. The number of ether oxygens (including phenoxy) is 1. The predicted octanol–water partition coefficient (Wildman–Crippen LogP) is 3.81. The molecular weight excluding hydrogens is 322 g/mol. The van der Waals surface area contributed by atoms with E-state index in [0.29, 0.717) is 5.92 Å². The van der Waals surface area contributed by atoms with Gasteiger partial charge in [0.25, 0.3) is 0 Å². The second-order valence-corrected chi connectivity index (χ2v) is 7.31. The molecule has 0 N–H and O–H groups in total. The Balaban J connectivity index is 1.47. The molecular formula is C22H27N3O. The minimum absolute atomic E-state index is 0.357. The zero-order valence-electron chi connectivity index (χ0n) is 15.7. The van der Waals surface area contributed by atoms with E-state index in [4.69, 9.17) is 9.84 Å². The van der Waals surface area contributed by atoms with Crippen molar-refractivity contribution < 1.29 is 4.74 Å². The lowest BCUT2D eigenvalue weighted by atomic mass is 9.94. The highest BCUT2D eigenvalue weighted by atomic mass is 16.5. The van der Waals surface area contributed by atoms with Gasteiger partial charge in [0, 0.05) is 30.4 Å². The molecule has 4 heteroatoms. The fourth-order valence-corrected chi connectivity index (χ4v) is 3.69. The molecule has 136 valence electrons. The Morgan fingerprint density at radius 1 is 1.12 bits per heavy atom. The number of morpholine rings is 1. The highest BCUT2D eigenvalue weighted by molar-refractivity contribution is 5.29. The van der Waals surface area contributed by atoms with Gasteiger partial charge in [-0.15, -0.1) is 0 Å². The van der Waals surface area contributed by atoms with Gasteiger partial charge in [-0.1, -0.05) is 42.0 Å². The highest BCUT2D eigenvalue weighted by Crippen LogP contribution is 2.30. The van der Waals surface area contributed by atoms with Crippen molar-refractivity contribution in [2.45, 2.75) is 32.7 Å². The van der Waals surface area contributed by atoms with E-state index in [1.54, 1.807) is 0 Å². The van der Waals surface area contributed by atoms with E-state index in [2.05, 4.69) is 72.0 Å². The molecule has 1 unspecified atom stereocenters. The molecule has 0 bridgehead atoms. The number of allylic oxidation sites excluding steroid dienone is 4. The molecule has 4 rings (SSSR count). The summed E-state index contributed by atoms with van der Waals surface area (Å²) in [6.07, 6.45) is 7.74. The quantitative estimate of drug-likeness (QED) is 0.841. The van der Waals surface area contributed by atoms with Crippen LogP contribution in [0.4, 0.5) is 0 Å². The second kappa shape index (κ2) is 7.50. The monoisotopic (exact) mass is 349 g/mol. The molecule has 0 amide bonds. The summed E-state index contributed by atoms with van der Waals surface area (Å²) >= 11 is 0. The molecule has 1 atom stereocenters. The maximum absolute atomic E-state index is 5.48. The summed E-state index contributed by atoms with van der Waals surface area (Å²) in [5.41, 5.74) is 6.38. The number of benzene rings is 1. The van der Waals surface area contributed by atoms with Crippen LogP contribution >= 0.6 is 0 Å². The molecule has 0 saturated carbocycles. The van der Waals surface area contributed by atoms with Crippen molar-refractivity contribution in [3.63, 3.8) is 0 Å². The Morgan fingerprint density at radius 3 is 2.65 bits per heavy atom.